The monoisotopic (exact) mass is 372 g/mol. The number of aryl methyl sites for hydroxylation is 1. The Morgan fingerprint density at radius 3 is 2.22 bits per heavy atom. The minimum atomic E-state index is -0.455. The summed E-state index contributed by atoms with van der Waals surface area (Å²) in [5.41, 5.74) is 2.17. The number of rotatable bonds is 4. The first-order valence-electron chi connectivity index (χ1n) is 9.01. The van der Waals surface area contributed by atoms with Gasteiger partial charge in [-0.1, -0.05) is 57.2 Å². The second-order valence-electron chi connectivity index (χ2n) is 5.12. The van der Waals surface area contributed by atoms with Gasteiger partial charge in [-0.25, -0.2) is 0 Å². The number of hydrogen-bond donors (Lipinski definition) is 1. The minimum Gasteiger partial charge on any atom is -0.497 e. The Morgan fingerprint density at radius 2 is 1.74 bits per heavy atom. The standard InChI is InChI=1S/C10H9BO4.C8H10.C2H6.CH4O/c1-14-7-2-3-8-9(6-7)15-10(13)11(8)4-5-12;1-2-8-6-4-3-5-7-8;2*1-2/h2-3,5-6H,4H2,1H3;3-7H,2H2,1H3;1-2H3;2H,1H3. The highest BCUT2D eigenvalue weighted by molar-refractivity contribution is 7.01. The molecule has 1 aliphatic rings. The van der Waals surface area contributed by atoms with Crippen LogP contribution in [0.3, 0.4) is 0 Å². The Balaban J connectivity index is 0.000000477. The molecule has 1 N–H and O–H groups in total. The van der Waals surface area contributed by atoms with Gasteiger partial charge in [0.2, 0.25) is 0 Å². The van der Waals surface area contributed by atoms with Crippen LogP contribution in [0.4, 0.5) is 4.79 Å². The van der Waals surface area contributed by atoms with Crippen LogP contribution in [0.1, 0.15) is 26.3 Å². The Labute approximate surface area is 162 Å². The predicted molar refractivity (Wildman–Crippen MR) is 111 cm³/mol. The third-order valence-corrected chi connectivity index (χ3v) is 3.67. The topological polar surface area (TPSA) is 72.8 Å². The SMILES string of the molecule is CC.CCc1ccccc1.CO.COc1ccc2c(c1)OC(=O)B2CC=O. The zero-order chi connectivity index (χ0) is 20.7. The van der Waals surface area contributed by atoms with Crippen LogP contribution in [0, 0.1) is 0 Å². The molecule has 0 saturated carbocycles. The highest BCUT2D eigenvalue weighted by Crippen LogP contribution is 2.23. The molecule has 6 heteroatoms. The van der Waals surface area contributed by atoms with E-state index >= 15 is 0 Å². The number of ether oxygens (including phenoxy) is 2. The summed E-state index contributed by atoms with van der Waals surface area (Å²) in [6.07, 6.45) is 2.03. The van der Waals surface area contributed by atoms with Gasteiger partial charge in [0, 0.05) is 13.2 Å². The maximum Gasteiger partial charge on any atom is 0.322 e. The molecule has 0 atom stereocenters. The summed E-state index contributed by atoms with van der Waals surface area (Å²) in [6, 6.07) is 15.6. The third kappa shape index (κ3) is 7.66. The lowest BCUT2D eigenvalue weighted by atomic mass is 9.44. The van der Waals surface area contributed by atoms with Gasteiger partial charge < -0.3 is 19.4 Å². The van der Waals surface area contributed by atoms with Crippen LogP contribution in [0.15, 0.2) is 48.5 Å². The summed E-state index contributed by atoms with van der Waals surface area (Å²) in [4.78, 5) is 21.8. The summed E-state index contributed by atoms with van der Waals surface area (Å²) >= 11 is 0. The van der Waals surface area contributed by atoms with Crippen molar-refractivity contribution in [1.82, 2.24) is 0 Å². The van der Waals surface area contributed by atoms with Crippen LogP contribution in [-0.4, -0.2) is 38.2 Å². The van der Waals surface area contributed by atoms with Crippen LogP contribution in [0.5, 0.6) is 11.5 Å². The molecule has 0 saturated heterocycles. The normalized spacial score (nSPS) is 10.6. The predicted octanol–water partition coefficient (Wildman–Crippen LogP) is 3.57. The first-order chi connectivity index (χ1) is 13.2. The number of fused-ring (bicyclic) bond motifs is 1. The van der Waals surface area contributed by atoms with E-state index in [1.54, 1.807) is 25.3 Å². The summed E-state index contributed by atoms with van der Waals surface area (Å²) < 4.78 is 10.0. The summed E-state index contributed by atoms with van der Waals surface area (Å²) in [5.74, 6) is 0.754. The summed E-state index contributed by atoms with van der Waals surface area (Å²) in [6.45, 7) is 5.71. The molecule has 0 aliphatic carbocycles. The van der Waals surface area contributed by atoms with Gasteiger partial charge in [0.25, 0.3) is 5.87 Å². The fourth-order valence-electron chi connectivity index (χ4n) is 2.36. The number of carbonyl (C=O) groups excluding carboxylic acids is 2. The first kappa shape index (κ1) is 24.4. The van der Waals surface area contributed by atoms with Gasteiger partial charge in [-0.15, -0.1) is 0 Å². The van der Waals surface area contributed by atoms with E-state index in [2.05, 4.69) is 31.2 Å². The first-order valence-corrected chi connectivity index (χ1v) is 9.01. The maximum atomic E-state index is 11.4. The zero-order valence-electron chi connectivity index (χ0n) is 16.8. The highest BCUT2D eigenvalue weighted by Gasteiger charge is 2.37. The van der Waals surface area contributed by atoms with Crippen molar-refractivity contribution in [2.75, 3.05) is 14.2 Å². The van der Waals surface area contributed by atoms with Gasteiger partial charge in [0.05, 0.1) is 7.11 Å². The van der Waals surface area contributed by atoms with Crippen molar-refractivity contribution in [1.29, 1.82) is 0 Å². The van der Waals surface area contributed by atoms with Crippen LogP contribution in [-0.2, 0) is 11.2 Å². The molecule has 0 amide bonds. The lowest BCUT2D eigenvalue weighted by Gasteiger charge is -2.02. The van der Waals surface area contributed by atoms with Gasteiger partial charge in [-0.2, -0.15) is 0 Å². The molecule has 0 unspecified atom stereocenters. The minimum absolute atomic E-state index is 0.165. The molecule has 0 fully saturated rings. The largest absolute Gasteiger partial charge is 0.497 e. The molecule has 0 aromatic heterocycles. The maximum absolute atomic E-state index is 11.4. The molecule has 0 bridgehead atoms. The number of benzene rings is 2. The smallest absolute Gasteiger partial charge is 0.322 e. The molecule has 1 aliphatic heterocycles. The fraction of sp³-hybridized carbons (Fsp3) is 0.333. The van der Waals surface area contributed by atoms with Crippen molar-refractivity contribution in [3.8, 4) is 11.5 Å². The van der Waals surface area contributed by atoms with E-state index in [1.807, 2.05) is 19.9 Å². The van der Waals surface area contributed by atoms with E-state index in [0.717, 1.165) is 25.3 Å². The Morgan fingerprint density at radius 1 is 1.11 bits per heavy atom. The Bertz CT molecular complexity index is 674. The molecule has 1 heterocycles. The molecule has 2 aromatic rings. The summed E-state index contributed by atoms with van der Waals surface area (Å²) in [5, 5.41) is 7.00. The average Bonchev–Trinajstić information content (AvgIpc) is 3.06. The third-order valence-electron chi connectivity index (χ3n) is 3.67. The average molecular weight is 372 g/mol. The molecule has 3 rings (SSSR count). The van der Waals surface area contributed by atoms with Crippen molar-refractivity contribution < 1.29 is 24.2 Å². The van der Waals surface area contributed by atoms with Crippen LogP contribution < -0.4 is 14.9 Å². The fourth-order valence-corrected chi connectivity index (χ4v) is 2.36. The molecular weight excluding hydrogens is 343 g/mol. The summed E-state index contributed by atoms with van der Waals surface area (Å²) in [7, 11) is 2.54. The molecule has 5 nitrogen and oxygen atoms in total. The van der Waals surface area contributed by atoms with Crippen molar-refractivity contribution in [3.05, 3.63) is 54.1 Å². The Kier molecular flexibility index (Phi) is 13.2. The van der Waals surface area contributed by atoms with E-state index in [1.165, 1.54) is 5.56 Å². The van der Waals surface area contributed by atoms with Crippen molar-refractivity contribution >= 4 is 24.3 Å². The highest BCUT2D eigenvalue weighted by atomic mass is 16.5. The van der Waals surface area contributed by atoms with Crippen molar-refractivity contribution in [3.63, 3.8) is 0 Å². The van der Waals surface area contributed by atoms with Gasteiger partial charge in [-0.3, -0.25) is 4.79 Å². The van der Waals surface area contributed by atoms with Crippen molar-refractivity contribution in [2.45, 2.75) is 33.5 Å². The lowest BCUT2D eigenvalue weighted by Crippen LogP contribution is -2.33. The number of aliphatic hydroxyl groups is 1. The van der Waals surface area contributed by atoms with Crippen molar-refractivity contribution in [2.24, 2.45) is 0 Å². The van der Waals surface area contributed by atoms with Gasteiger partial charge >= 0.3 is 6.71 Å². The van der Waals surface area contributed by atoms with Crippen LogP contribution >= 0.6 is 0 Å². The van der Waals surface area contributed by atoms with Gasteiger partial charge in [-0.05, 0) is 29.8 Å². The van der Waals surface area contributed by atoms with Crippen LogP contribution in [0.25, 0.3) is 0 Å². The second-order valence-corrected chi connectivity index (χ2v) is 5.12. The number of methoxy groups -OCH3 is 1. The van der Waals surface area contributed by atoms with Gasteiger partial charge in [0.15, 0.2) is 0 Å². The quantitative estimate of drug-likeness (QED) is 0.656. The number of aliphatic hydroxyl groups excluding tert-OH is 1. The van der Waals surface area contributed by atoms with E-state index in [9.17, 15) is 9.59 Å². The number of carbonyl (C=O) groups is 2. The molecule has 2 aromatic carbocycles. The number of aldehydes is 1. The second kappa shape index (κ2) is 14.6. The lowest BCUT2D eigenvalue weighted by molar-refractivity contribution is -0.106. The molecular formula is C21H29BO5. The molecule has 146 valence electrons. The zero-order valence-corrected chi connectivity index (χ0v) is 16.8. The van der Waals surface area contributed by atoms with E-state index in [4.69, 9.17) is 14.6 Å². The van der Waals surface area contributed by atoms with E-state index in [-0.39, 0.29) is 12.2 Å². The molecule has 27 heavy (non-hydrogen) atoms. The van der Waals surface area contributed by atoms with Gasteiger partial charge in [0.1, 0.15) is 17.8 Å². The van der Waals surface area contributed by atoms with Crippen LogP contribution in [0.2, 0.25) is 6.32 Å². The number of hydrogen-bond acceptors (Lipinski definition) is 5. The van der Waals surface area contributed by atoms with E-state index in [0.29, 0.717) is 11.5 Å². The van der Waals surface area contributed by atoms with E-state index < -0.39 is 6.71 Å². The molecule has 0 radical (unpaired) electrons. The Hall–Kier alpha value is -2.60. The molecule has 0 spiro atoms.